The van der Waals surface area contributed by atoms with Crippen molar-refractivity contribution in [2.45, 2.75) is 0 Å². The molecule has 0 spiro atoms. The fraction of sp³-hybridized carbons (Fsp3) is 0. The molecule has 0 aliphatic carbocycles. The summed E-state index contributed by atoms with van der Waals surface area (Å²) < 4.78 is 5.06. The molecule has 0 bridgehead atoms. The standard InChI is InChI=1S/C50H28N2S2/c51-29-31-22-37(27-39(24-31)35-8-5-9-36(26-35)41-12-6-14-45-43-10-1-3-16-47(43)53-49(41)45)33-18-20-34(21-19-33)38-23-32(30-52)25-40(28-38)42-13-7-15-46-44-11-2-4-17-48(44)54-50(42)46/h1-28H. The van der Waals surface area contributed by atoms with Gasteiger partial charge in [-0.15, -0.1) is 22.7 Å². The maximum atomic E-state index is 10.1. The Bertz CT molecular complexity index is 3190. The molecule has 0 aliphatic heterocycles. The van der Waals surface area contributed by atoms with Gasteiger partial charge in [0.25, 0.3) is 0 Å². The summed E-state index contributed by atoms with van der Waals surface area (Å²) in [6.07, 6.45) is 0. The summed E-state index contributed by atoms with van der Waals surface area (Å²) in [6.45, 7) is 0. The van der Waals surface area contributed by atoms with Crippen molar-refractivity contribution in [1.82, 2.24) is 0 Å². The van der Waals surface area contributed by atoms with Crippen LogP contribution in [0.2, 0.25) is 0 Å². The average molecular weight is 721 g/mol. The van der Waals surface area contributed by atoms with Crippen molar-refractivity contribution in [2.75, 3.05) is 0 Å². The van der Waals surface area contributed by atoms with Crippen molar-refractivity contribution in [3.05, 3.63) is 181 Å². The van der Waals surface area contributed by atoms with Crippen LogP contribution in [0.3, 0.4) is 0 Å². The summed E-state index contributed by atoms with van der Waals surface area (Å²) in [5.41, 5.74) is 11.9. The lowest BCUT2D eigenvalue weighted by Gasteiger charge is -2.12. The number of benzene rings is 8. The normalized spacial score (nSPS) is 11.3. The first-order chi connectivity index (χ1) is 26.6. The van der Waals surface area contributed by atoms with Gasteiger partial charge in [-0.2, -0.15) is 10.5 Å². The zero-order valence-corrected chi connectivity index (χ0v) is 30.5. The van der Waals surface area contributed by atoms with Gasteiger partial charge in [-0.25, -0.2) is 0 Å². The first-order valence-corrected chi connectivity index (χ1v) is 19.4. The van der Waals surface area contributed by atoms with Crippen molar-refractivity contribution in [1.29, 1.82) is 10.5 Å². The second-order valence-electron chi connectivity index (χ2n) is 13.5. The van der Waals surface area contributed by atoms with Crippen LogP contribution in [-0.4, -0.2) is 0 Å². The van der Waals surface area contributed by atoms with Crippen molar-refractivity contribution in [2.24, 2.45) is 0 Å². The Balaban J connectivity index is 1.01. The van der Waals surface area contributed by atoms with E-state index in [1.165, 1.54) is 45.9 Å². The molecule has 0 saturated carbocycles. The van der Waals surface area contributed by atoms with Crippen LogP contribution < -0.4 is 0 Å². The Morgan fingerprint density at radius 3 is 1.28 bits per heavy atom. The second kappa shape index (κ2) is 13.0. The quantitative estimate of drug-likeness (QED) is 0.178. The number of hydrogen-bond acceptors (Lipinski definition) is 4. The van der Waals surface area contributed by atoms with Crippen LogP contribution in [0.4, 0.5) is 0 Å². The summed E-state index contributed by atoms with van der Waals surface area (Å²) in [4.78, 5) is 0. The molecule has 0 aliphatic rings. The van der Waals surface area contributed by atoms with Gasteiger partial charge in [-0.05, 0) is 110 Å². The first kappa shape index (κ1) is 31.9. The fourth-order valence-electron chi connectivity index (χ4n) is 7.71. The van der Waals surface area contributed by atoms with E-state index in [2.05, 4.69) is 158 Å². The van der Waals surface area contributed by atoms with Crippen LogP contribution in [0, 0.1) is 22.7 Å². The Labute approximate surface area is 320 Å². The number of rotatable bonds is 5. The Hall–Kier alpha value is -6.82. The highest BCUT2D eigenvalue weighted by molar-refractivity contribution is 7.26. The fourth-order valence-corrected chi connectivity index (χ4v) is 10.2. The first-order valence-electron chi connectivity index (χ1n) is 17.8. The largest absolute Gasteiger partial charge is 0.192 e. The third kappa shape index (κ3) is 5.45. The summed E-state index contributed by atoms with van der Waals surface area (Å²) in [5, 5.41) is 25.2. The minimum absolute atomic E-state index is 0.616. The summed E-state index contributed by atoms with van der Waals surface area (Å²) in [6, 6.07) is 64.2. The maximum absolute atomic E-state index is 10.1. The molecule has 0 N–H and O–H groups in total. The van der Waals surface area contributed by atoms with Crippen LogP contribution >= 0.6 is 22.7 Å². The van der Waals surface area contributed by atoms with E-state index in [4.69, 9.17) is 0 Å². The maximum Gasteiger partial charge on any atom is 0.0992 e. The third-order valence-corrected chi connectivity index (χ3v) is 12.7. The highest BCUT2D eigenvalue weighted by Gasteiger charge is 2.14. The van der Waals surface area contributed by atoms with Gasteiger partial charge in [0.15, 0.2) is 0 Å². The zero-order chi connectivity index (χ0) is 36.2. The summed E-state index contributed by atoms with van der Waals surface area (Å²) >= 11 is 3.63. The number of fused-ring (bicyclic) bond motifs is 6. The van der Waals surface area contributed by atoms with Gasteiger partial charge in [0.1, 0.15) is 0 Å². The van der Waals surface area contributed by atoms with Crippen molar-refractivity contribution < 1.29 is 0 Å². The lowest BCUT2D eigenvalue weighted by Crippen LogP contribution is -1.88. The molecule has 250 valence electrons. The molecule has 10 aromatic rings. The smallest absolute Gasteiger partial charge is 0.0992 e. The highest BCUT2D eigenvalue weighted by Crippen LogP contribution is 2.43. The molecule has 4 heteroatoms. The van der Waals surface area contributed by atoms with Gasteiger partial charge in [0.05, 0.1) is 23.3 Å². The molecule has 0 saturated heterocycles. The molecule has 0 radical (unpaired) electrons. The summed E-state index contributed by atoms with van der Waals surface area (Å²) in [7, 11) is 0. The van der Waals surface area contributed by atoms with Crippen molar-refractivity contribution in [3.8, 4) is 67.8 Å². The second-order valence-corrected chi connectivity index (χ2v) is 15.6. The van der Waals surface area contributed by atoms with Crippen LogP contribution in [0.15, 0.2) is 170 Å². The lowest BCUT2D eigenvalue weighted by molar-refractivity contribution is 1.47. The van der Waals surface area contributed by atoms with E-state index >= 15 is 0 Å². The molecule has 2 aromatic heterocycles. The van der Waals surface area contributed by atoms with Gasteiger partial charge in [-0.1, -0.05) is 115 Å². The van der Waals surface area contributed by atoms with Crippen LogP contribution in [0.5, 0.6) is 0 Å². The van der Waals surface area contributed by atoms with E-state index in [1.807, 2.05) is 35.6 Å². The molecule has 2 nitrogen and oxygen atoms in total. The summed E-state index contributed by atoms with van der Waals surface area (Å²) in [5.74, 6) is 0. The SMILES string of the molecule is N#Cc1cc(-c2ccc(-c3cc(C#N)cc(-c4cccc5c4sc4ccccc45)c3)cc2)cc(-c2cccc(-c3cccc4c3sc3ccccc34)c2)c1. The predicted octanol–water partition coefficient (Wildman–Crippen LogP) is 14.5. The zero-order valence-electron chi connectivity index (χ0n) is 28.9. The topological polar surface area (TPSA) is 47.6 Å². The van der Waals surface area contributed by atoms with Crippen LogP contribution in [0.25, 0.3) is 96.0 Å². The Morgan fingerprint density at radius 2 is 0.722 bits per heavy atom. The molecule has 8 aromatic carbocycles. The molecule has 0 amide bonds. The molecule has 54 heavy (non-hydrogen) atoms. The van der Waals surface area contributed by atoms with Gasteiger partial charge < -0.3 is 0 Å². The van der Waals surface area contributed by atoms with E-state index in [-0.39, 0.29) is 0 Å². The molecule has 0 fully saturated rings. The average Bonchev–Trinajstić information content (AvgIpc) is 3.82. The van der Waals surface area contributed by atoms with Crippen LogP contribution in [-0.2, 0) is 0 Å². The Morgan fingerprint density at radius 1 is 0.315 bits per heavy atom. The van der Waals surface area contributed by atoms with E-state index in [9.17, 15) is 10.5 Å². The third-order valence-electron chi connectivity index (χ3n) is 10.3. The van der Waals surface area contributed by atoms with Crippen molar-refractivity contribution in [3.63, 3.8) is 0 Å². The number of nitriles is 2. The van der Waals surface area contributed by atoms with E-state index in [0.29, 0.717) is 11.1 Å². The lowest BCUT2D eigenvalue weighted by atomic mass is 9.92. The molecule has 0 unspecified atom stereocenters. The predicted molar refractivity (Wildman–Crippen MR) is 229 cm³/mol. The number of nitrogens with zero attached hydrogens (tertiary/aromatic N) is 2. The van der Waals surface area contributed by atoms with Gasteiger partial charge in [0.2, 0.25) is 0 Å². The van der Waals surface area contributed by atoms with Gasteiger partial charge in [0, 0.05) is 40.3 Å². The van der Waals surface area contributed by atoms with E-state index < -0.39 is 0 Å². The van der Waals surface area contributed by atoms with E-state index in [1.54, 1.807) is 11.3 Å². The minimum atomic E-state index is 0.616. The van der Waals surface area contributed by atoms with Crippen molar-refractivity contribution >= 4 is 63.0 Å². The number of hydrogen-bond donors (Lipinski definition) is 0. The highest BCUT2D eigenvalue weighted by atomic mass is 32.1. The Kier molecular flexibility index (Phi) is 7.67. The number of thiophene rings is 2. The van der Waals surface area contributed by atoms with Crippen LogP contribution in [0.1, 0.15) is 11.1 Å². The van der Waals surface area contributed by atoms with Gasteiger partial charge >= 0.3 is 0 Å². The monoisotopic (exact) mass is 720 g/mol. The molecular weight excluding hydrogens is 693 g/mol. The molecule has 2 heterocycles. The molecular formula is C50H28N2S2. The molecule has 0 atom stereocenters. The van der Waals surface area contributed by atoms with E-state index in [0.717, 1.165) is 50.1 Å². The molecule has 10 rings (SSSR count). The van der Waals surface area contributed by atoms with Gasteiger partial charge in [-0.3, -0.25) is 0 Å². The minimum Gasteiger partial charge on any atom is -0.192 e.